The summed E-state index contributed by atoms with van der Waals surface area (Å²) < 4.78 is 20.1. The molecule has 1 aliphatic carbocycles. The second-order valence-electron chi connectivity index (χ2n) is 2.14. The molecule has 0 atom stereocenters. The molecule has 1 radical (unpaired) electrons. The molecule has 47 valence electrons. The number of hydrogen-bond acceptors (Lipinski definition) is 2. The second-order valence-corrected chi connectivity index (χ2v) is 3.17. The Hall–Kier alpha value is -0.0500. The van der Waals surface area contributed by atoms with Gasteiger partial charge in [0.25, 0.3) is 0 Å². The molecule has 0 amide bonds. The van der Waals surface area contributed by atoms with Crippen molar-refractivity contribution in [2.45, 2.75) is 12.8 Å². The molecule has 1 rings (SSSR count). The molecular formula is C5H9O2S. The van der Waals surface area contributed by atoms with Gasteiger partial charge in [0.1, 0.15) is 10.7 Å². The van der Waals surface area contributed by atoms with Gasteiger partial charge in [0.05, 0.1) is 5.75 Å². The largest absolute Gasteiger partial charge is 0.232 e. The van der Waals surface area contributed by atoms with Gasteiger partial charge in [-0.15, -0.1) is 0 Å². The van der Waals surface area contributed by atoms with Crippen molar-refractivity contribution in [2.24, 2.45) is 5.92 Å². The van der Waals surface area contributed by atoms with Gasteiger partial charge in [0.2, 0.25) is 0 Å². The van der Waals surface area contributed by atoms with Crippen molar-refractivity contribution in [3.63, 3.8) is 0 Å². The van der Waals surface area contributed by atoms with Crippen molar-refractivity contribution >= 4 is 10.7 Å². The summed E-state index contributed by atoms with van der Waals surface area (Å²) in [5.41, 5.74) is 0. The fourth-order valence-corrected chi connectivity index (χ4v) is 1.48. The third kappa shape index (κ3) is 1.47. The van der Waals surface area contributed by atoms with Gasteiger partial charge in [-0.3, -0.25) is 0 Å². The van der Waals surface area contributed by atoms with Gasteiger partial charge in [-0.1, -0.05) is 0 Å². The van der Waals surface area contributed by atoms with E-state index in [0.29, 0.717) is 11.7 Å². The molecule has 2 nitrogen and oxygen atoms in total. The molecular weight excluding hydrogens is 124 g/mol. The third-order valence-electron chi connectivity index (χ3n) is 1.41. The summed E-state index contributed by atoms with van der Waals surface area (Å²) in [6, 6.07) is 0. The predicted octanol–water partition coefficient (Wildman–Crippen LogP) is 0.212. The SMILES string of the molecule is O=[SH](=O)CC1C[CH]C1. The van der Waals surface area contributed by atoms with Crippen molar-refractivity contribution in [3.8, 4) is 0 Å². The molecule has 0 aromatic carbocycles. The molecule has 1 saturated carbocycles. The van der Waals surface area contributed by atoms with Crippen molar-refractivity contribution < 1.29 is 8.42 Å². The molecule has 0 aromatic heterocycles. The molecule has 0 saturated heterocycles. The zero-order chi connectivity index (χ0) is 5.98. The van der Waals surface area contributed by atoms with E-state index in [9.17, 15) is 8.42 Å². The lowest BCUT2D eigenvalue weighted by atomic mass is 9.87. The molecule has 0 aliphatic heterocycles. The van der Waals surface area contributed by atoms with Crippen LogP contribution in [0.2, 0.25) is 0 Å². The lowest BCUT2D eigenvalue weighted by Gasteiger charge is -2.21. The number of thiol groups is 1. The van der Waals surface area contributed by atoms with Crippen LogP contribution in [-0.2, 0) is 10.7 Å². The molecule has 1 fully saturated rings. The van der Waals surface area contributed by atoms with Gasteiger partial charge in [0.15, 0.2) is 0 Å². The molecule has 0 aromatic rings. The van der Waals surface area contributed by atoms with Crippen LogP contribution in [0.1, 0.15) is 12.8 Å². The quantitative estimate of drug-likeness (QED) is 0.546. The summed E-state index contributed by atoms with van der Waals surface area (Å²) in [5, 5.41) is 0. The van der Waals surface area contributed by atoms with Crippen molar-refractivity contribution in [1.82, 2.24) is 0 Å². The summed E-state index contributed by atoms with van der Waals surface area (Å²) in [6.07, 6.45) is 4.12. The molecule has 3 heteroatoms. The monoisotopic (exact) mass is 133 g/mol. The van der Waals surface area contributed by atoms with E-state index in [2.05, 4.69) is 6.42 Å². The Kier molecular flexibility index (Phi) is 1.89. The van der Waals surface area contributed by atoms with E-state index in [1.54, 1.807) is 0 Å². The number of hydrogen-bond donors (Lipinski definition) is 1. The van der Waals surface area contributed by atoms with Crippen LogP contribution in [0.5, 0.6) is 0 Å². The lowest BCUT2D eigenvalue weighted by Crippen LogP contribution is -2.16. The summed E-state index contributed by atoms with van der Waals surface area (Å²) in [6.45, 7) is 0. The summed E-state index contributed by atoms with van der Waals surface area (Å²) >= 11 is 0. The minimum atomic E-state index is -2.11. The van der Waals surface area contributed by atoms with Crippen LogP contribution in [0.15, 0.2) is 0 Å². The van der Waals surface area contributed by atoms with Gasteiger partial charge >= 0.3 is 0 Å². The molecule has 0 N–H and O–H groups in total. The maximum atomic E-state index is 10.0. The van der Waals surface area contributed by atoms with Crippen LogP contribution in [0.4, 0.5) is 0 Å². The highest BCUT2D eigenvalue weighted by Gasteiger charge is 2.17. The van der Waals surface area contributed by atoms with E-state index < -0.39 is 10.7 Å². The Morgan fingerprint density at radius 3 is 2.25 bits per heavy atom. The average molecular weight is 133 g/mol. The normalized spacial score (nSPS) is 21.1. The highest BCUT2D eigenvalue weighted by Crippen LogP contribution is 2.24. The Morgan fingerprint density at radius 1 is 1.50 bits per heavy atom. The van der Waals surface area contributed by atoms with Crippen LogP contribution in [0.25, 0.3) is 0 Å². The zero-order valence-electron chi connectivity index (χ0n) is 4.54. The maximum Gasteiger partial charge on any atom is 0.140 e. The van der Waals surface area contributed by atoms with Crippen molar-refractivity contribution in [2.75, 3.05) is 5.75 Å². The Labute approximate surface area is 50.9 Å². The first kappa shape index (κ1) is 6.08. The molecule has 0 bridgehead atoms. The predicted molar refractivity (Wildman–Crippen MR) is 32.2 cm³/mol. The third-order valence-corrected chi connectivity index (χ3v) is 2.22. The van der Waals surface area contributed by atoms with Crippen LogP contribution >= 0.6 is 0 Å². The number of rotatable bonds is 2. The van der Waals surface area contributed by atoms with Gasteiger partial charge < -0.3 is 0 Å². The Morgan fingerprint density at radius 2 is 2.12 bits per heavy atom. The van der Waals surface area contributed by atoms with Gasteiger partial charge in [0, 0.05) is 0 Å². The fourth-order valence-electron chi connectivity index (χ4n) is 0.762. The Balaban J connectivity index is 2.19. The highest BCUT2D eigenvalue weighted by atomic mass is 32.2. The van der Waals surface area contributed by atoms with Crippen LogP contribution in [0, 0.1) is 12.3 Å². The summed E-state index contributed by atoms with van der Waals surface area (Å²) in [7, 11) is -2.11. The van der Waals surface area contributed by atoms with Crippen LogP contribution in [0.3, 0.4) is 0 Å². The standard InChI is InChI=1S/C5H9O2S/c6-8(7)4-5-2-1-3-5/h1,5,8H,2-4H2. The molecule has 1 aliphatic rings. The van der Waals surface area contributed by atoms with Crippen molar-refractivity contribution in [3.05, 3.63) is 6.42 Å². The lowest BCUT2D eigenvalue weighted by molar-refractivity contribution is 0.451. The van der Waals surface area contributed by atoms with Gasteiger partial charge in [-0.25, -0.2) is 8.42 Å². The topological polar surface area (TPSA) is 34.1 Å². The minimum Gasteiger partial charge on any atom is -0.232 e. The minimum absolute atomic E-state index is 0.395. The molecule has 8 heavy (non-hydrogen) atoms. The van der Waals surface area contributed by atoms with Gasteiger partial charge in [-0.2, -0.15) is 0 Å². The van der Waals surface area contributed by atoms with E-state index in [1.165, 1.54) is 0 Å². The van der Waals surface area contributed by atoms with E-state index in [1.807, 2.05) is 0 Å². The summed E-state index contributed by atoms with van der Waals surface area (Å²) in [5.74, 6) is 0.849. The first-order valence-electron chi connectivity index (χ1n) is 2.72. The van der Waals surface area contributed by atoms with Crippen molar-refractivity contribution in [1.29, 1.82) is 0 Å². The first-order valence-corrected chi connectivity index (χ1v) is 4.09. The second kappa shape index (κ2) is 2.49. The highest BCUT2D eigenvalue weighted by molar-refractivity contribution is 7.72. The Bertz CT molecular complexity index is 127. The van der Waals surface area contributed by atoms with Crippen LogP contribution < -0.4 is 0 Å². The van der Waals surface area contributed by atoms with E-state index >= 15 is 0 Å². The van der Waals surface area contributed by atoms with Crippen LogP contribution in [-0.4, -0.2) is 14.2 Å². The smallest absolute Gasteiger partial charge is 0.140 e. The fraction of sp³-hybridized carbons (Fsp3) is 0.800. The van der Waals surface area contributed by atoms with E-state index in [0.717, 1.165) is 12.8 Å². The van der Waals surface area contributed by atoms with Gasteiger partial charge in [-0.05, 0) is 25.2 Å². The molecule has 0 spiro atoms. The zero-order valence-corrected chi connectivity index (χ0v) is 5.43. The summed E-state index contributed by atoms with van der Waals surface area (Å²) in [4.78, 5) is 0. The maximum absolute atomic E-state index is 10.0. The molecule has 0 unspecified atom stereocenters. The van der Waals surface area contributed by atoms with E-state index in [-0.39, 0.29) is 0 Å². The molecule has 0 heterocycles. The first-order chi connectivity index (χ1) is 3.79. The average Bonchev–Trinajstić information content (AvgIpc) is 1.55. The van der Waals surface area contributed by atoms with E-state index in [4.69, 9.17) is 0 Å².